The highest BCUT2D eigenvalue weighted by atomic mass is 32.2. The van der Waals surface area contributed by atoms with Crippen LogP contribution in [0.1, 0.15) is 26.7 Å². The number of nitrogens with zero attached hydrogens (tertiary/aromatic N) is 2. The fourth-order valence-corrected chi connectivity index (χ4v) is 2.97. The average Bonchev–Trinajstić information content (AvgIpc) is 2.93. The van der Waals surface area contributed by atoms with Gasteiger partial charge in [-0.15, -0.1) is 5.10 Å². The predicted molar refractivity (Wildman–Crippen MR) is 95.5 cm³/mol. The standard InChI is InChI=1S/C16H18N4O4S/c1-9(2)19-20-16-18-15(23)13(25-16)7-14(22)17-12-5-4-11(24-3)6-10(12)8-21/h4-5,13H,6-7H2,1-3H3,(H,17,22)(H,18,20,23). The van der Waals surface area contributed by atoms with Crippen LogP contribution in [0.25, 0.3) is 0 Å². The summed E-state index contributed by atoms with van der Waals surface area (Å²) < 4.78 is 5.07. The van der Waals surface area contributed by atoms with E-state index < -0.39 is 5.25 Å². The van der Waals surface area contributed by atoms with Crippen molar-refractivity contribution in [2.45, 2.75) is 31.9 Å². The minimum Gasteiger partial charge on any atom is -0.501 e. The summed E-state index contributed by atoms with van der Waals surface area (Å²) in [7, 11) is 1.50. The van der Waals surface area contributed by atoms with Crippen molar-refractivity contribution in [3.05, 3.63) is 29.2 Å². The van der Waals surface area contributed by atoms with Gasteiger partial charge in [0.25, 0.3) is 0 Å². The monoisotopic (exact) mass is 362 g/mol. The van der Waals surface area contributed by atoms with Gasteiger partial charge in [-0.2, -0.15) is 5.10 Å². The summed E-state index contributed by atoms with van der Waals surface area (Å²) in [6.45, 7) is 3.58. The first-order valence-corrected chi connectivity index (χ1v) is 8.36. The summed E-state index contributed by atoms with van der Waals surface area (Å²) >= 11 is 1.15. The number of methoxy groups -OCH3 is 1. The maximum Gasteiger partial charge on any atom is 0.240 e. The molecule has 0 saturated carbocycles. The Hall–Kier alpha value is -2.64. The molecule has 2 rings (SSSR count). The molecule has 2 aliphatic rings. The molecule has 132 valence electrons. The molecule has 0 aromatic carbocycles. The molecule has 1 aliphatic heterocycles. The number of carbonyl (C=O) groups excluding carboxylic acids is 3. The third kappa shape index (κ3) is 5.17. The molecule has 25 heavy (non-hydrogen) atoms. The Morgan fingerprint density at radius 3 is 2.88 bits per heavy atom. The molecule has 9 heteroatoms. The summed E-state index contributed by atoms with van der Waals surface area (Å²) in [4.78, 5) is 35.1. The average molecular weight is 362 g/mol. The first kappa shape index (κ1) is 18.7. The molecule has 1 unspecified atom stereocenters. The van der Waals surface area contributed by atoms with Gasteiger partial charge in [0.2, 0.25) is 11.8 Å². The van der Waals surface area contributed by atoms with Crippen LogP contribution < -0.4 is 10.6 Å². The van der Waals surface area contributed by atoms with Gasteiger partial charge in [0.05, 0.1) is 18.4 Å². The van der Waals surface area contributed by atoms with Gasteiger partial charge in [0, 0.05) is 18.6 Å². The highest BCUT2D eigenvalue weighted by molar-refractivity contribution is 8.15. The van der Waals surface area contributed by atoms with E-state index in [-0.39, 0.29) is 24.7 Å². The number of thioether (sulfide) groups is 1. The van der Waals surface area contributed by atoms with Crippen molar-refractivity contribution in [2.75, 3.05) is 7.11 Å². The molecule has 0 bridgehead atoms. The van der Waals surface area contributed by atoms with E-state index in [0.717, 1.165) is 17.5 Å². The minimum absolute atomic E-state index is 0.0470. The van der Waals surface area contributed by atoms with Crippen LogP contribution in [0.15, 0.2) is 39.4 Å². The molecule has 1 saturated heterocycles. The van der Waals surface area contributed by atoms with Crippen molar-refractivity contribution in [1.29, 1.82) is 0 Å². The van der Waals surface area contributed by atoms with E-state index in [9.17, 15) is 14.4 Å². The number of ether oxygens (including phenoxy) is 1. The highest BCUT2D eigenvalue weighted by Gasteiger charge is 2.32. The van der Waals surface area contributed by atoms with Crippen LogP contribution in [-0.2, 0) is 19.1 Å². The van der Waals surface area contributed by atoms with Crippen molar-refractivity contribution in [3.63, 3.8) is 0 Å². The van der Waals surface area contributed by atoms with Gasteiger partial charge >= 0.3 is 0 Å². The zero-order chi connectivity index (χ0) is 18.4. The molecule has 8 nitrogen and oxygen atoms in total. The number of carbonyl (C=O) groups is 2. The quantitative estimate of drug-likeness (QED) is 0.432. The Morgan fingerprint density at radius 1 is 1.48 bits per heavy atom. The van der Waals surface area contributed by atoms with Crippen molar-refractivity contribution in [1.82, 2.24) is 10.6 Å². The highest BCUT2D eigenvalue weighted by Crippen LogP contribution is 2.24. The maximum absolute atomic E-state index is 12.2. The van der Waals surface area contributed by atoms with E-state index in [1.807, 2.05) is 0 Å². The van der Waals surface area contributed by atoms with E-state index in [2.05, 4.69) is 20.8 Å². The molecule has 2 amide bonds. The first-order valence-electron chi connectivity index (χ1n) is 7.48. The number of nitrogens with one attached hydrogen (secondary N) is 2. The van der Waals surface area contributed by atoms with Gasteiger partial charge in [-0.3, -0.25) is 9.59 Å². The molecule has 1 fully saturated rings. The molecule has 0 aromatic rings. The van der Waals surface area contributed by atoms with Crippen LogP contribution in [0, 0.1) is 0 Å². The zero-order valence-electron chi connectivity index (χ0n) is 14.1. The van der Waals surface area contributed by atoms with Crippen molar-refractivity contribution in [2.24, 2.45) is 10.2 Å². The molecule has 2 N–H and O–H groups in total. The topological polar surface area (TPSA) is 109 Å². The van der Waals surface area contributed by atoms with Crippen LogP contribution in [0.2, 0.25) is 0 Å². The summed E-state index contributed by atoms with van der Waals surface area (Å²) in [6.07, 6.45) is 3.46. The van der Waals surface area contributed by atoms with Gasteiger partial charge in [0.15, 0.2) is 5.17 Å². The second kappa shape index (κ2) is 8.46. The lowest BCUT2D eigenvalue weighted by atomic mass is 10.0. The Kier molecular flexibility index (Phi) is 6.32. The number of hydrogen-bond donors (Lipinski definition) is 2. The first-order chi connectivity index (χ1) is 11.9. The molecule has 1 heterocycles. The van der Waals surface area contributed by atoms with E-state index in [0.29, 0.717) is 22.2 Å². The normalized spacial score (nSPS) is 21.1. The molecule has 0 spiro atoms. The minimum atomic E-state index is -0.593. The molecular weight excluding hydrogens is 344 g/mol. The van der Waals surface area contributed by atoms with E-state index in [1.165, 1.54) is 7.11 Å². The van der Waals surface area contributed by atoms with Crippen molar-refractivity contribution >= 4 is 40.4 Å². The lowest BCUT2D eigenvalue weighted by Gasteiger charge is -2.16. The van der Waals surface area contributed by atoms with Gasteiger partial charge in [-0.05, 0) is 26.0 Å². The van der Waals surface area contributed by atoms with Crippen LogP contribution in [0.3, 0.4) is 0 Å². The Labute approximate surface area is 149 Å². The summed E-state index contributed by atoms with van der Waals surface area (Å²) in [5, 5.41) is 12.8. The second-order valence-electron chi connectivity index (χ2n) is 5.48. The van der Waals surface area contributed by atoms with Gasteiger partial charge < -0.3 is 15.4 Å². The molecule has 0 aromatic heterocycles. The Morgan fingerprint density at radius 2 is 2.24 bits per heavy atom. The van der Waals surface area contributed by atoms with E-state index in [1.54, 1.807) is 31.9 Å². The summed E-state index contributed by atoms with van der Waals surface area (Å²) in [5.41, 5.74) is 1.42. The number of allylic oxidation sites excluding steroid dienone is 4. The van der Waals surface area contributed by atoms with Gasteiger partial charge in [0.1, 0.15) is 17.0 Å². The van der Waals surface area contributed by atoms with Gasteiger partial charge in [-0.1, -0.05) is 11.8 Å². The number of amidine groups is 1. The fraction of sp³-hybridized carbons (Fsp3) is 0.375. The molecule has 0 radical (unpaired) electrons. The Bertz CT molecular complexity index is 756. The van der Waals surface area contributed by atoms with Gasteiger partial charge in [-0.25, -0.2) is 4.79 Å². The molecular formula is C16H18N4O4S. The maximum atomic E-state index is 12.2. The second-order valence-corrected chi connectivity index (χ2v) is 6.67. The third-order valence-corrected chi connectivity index (χ3v) is 4.33. The van der Waals surface area contributed by atoms with Crippen LogP contribution >= 0.6 is 11.8 Å². The molecule has 1 atom stereocenters. The van der Waals surface area contributed by atoms with E-state index >= 15 is 0 Å². The van der Waals surface area contributed by atoms with E-state index in [4.69, 9.17) is 4.74 Å². The lowest BCUT2D eigenvalue weighted by molar-refractivity contribution is -0.124. The fourth-order valence-electron chi connectivity index (χ4n) is 2.06. The van der Waals surface area contributed by atoms with Crippen molar-refractivity contribution in [3.8, 4) is 0 Å². The zero-order valence-corrected chi connectivity index (χ0v) is 14.9. The summed E-state index contributed by atoms with van der Waals surface area (Å²) in [6, 6.07) is 0. The third-order valence-electron chi connectivity index (χ3n) is 3.26. The number of rotatable bonds is 5. The number of hydrogen-bond acceptors (Lipinski definition) is 7. The van der Waals surface area contributed by atoms with Crippen LogP contribution in [-0.4, -0.2) is 41.0 Å². The predicted octanol–water partition coefficient (Wildman–Crippen LogP) is 1.05. The lowest BCUT2D eigenvalue weighted by Crippen LogP contribution is -2.31. The smallest absolute Gasteiger partial charge is 0.240 e. The van der Waals surface area contributed by atoms with Crippen LogP contribution in [0.5, 0.6) is 0 Å². The largest absolute Gasteiger partial charge is 0.501 e. The van der Waals surface area contributed by atoms with Crippen molar-refractivity contribution < 1.29 is 19.1 Å². The SMILES string of the molecule is COC1=CC=C(NC(=O)CC2SC(=NN=C(C)C)NC2=O)C(=C=O)C1. The number of amides is 2. The Balaban J connectivity index is 1.99. The van der Waals surface area contributed by atoms with Crippen LogP contribution in [0.4, 0.5) is 0 Å². The molecule has 1 aliphatic carbocycles. The summed E-state index contributed by atoms with van der Waals surface area (Å²) in [5.74, 6) is 1.74.